The van der Waals surface area contributed by atoms with E-state index in [9.17, 15) is 13.2 Å². The van der Waals surface area contributed by atoms with Crippen LogP contribution in [0.1, 0.15) is 5.69 Å². The monoisotopic (exact) mass is 380 g/mol. The highest BCUT2D eigenvalue weighted by Crippen LogP contribution is 2.32. The Morgan fingerprint density at radius 2 is 1.90 bits per heavy atom. The van der Waals surface area contributed by atoms with Crippen LogP contribution in [0.2, 0.25) is 5.02 Å². The number of aromatic nitrogens is 2. The number of rotatable bonds is 3. The molecule has 1 aromatic carbocycles. The van der Waals surface area contributed by atoms with Gasteiger partial charge in [-0.1, -0.05) is 11.6 Å². The lowest BCUT2D eigenvalue weighted by atomic mass is 10.3. The third-order valence-corrected chi connectivity index (χ3v) is 3.33. The summed E-state index contributed by atoms with van der Waals surface area (Å²) in [5.74, 6) is -0.109. The molecule has 0 atom stereocenters. The quantitative estimate of drug-likeness (QED) is 0.809. The average molecular weight is 382 g/mol. The van der Waals surface area contributed by atoms with Crippen molar-refractivity contribution in [3.8, 4) is 0 Å². The van der Waals surface area contributed by atoms with E-state index in [4.69, 9.17) is 11.6 Å². The van der Waals surface area contributed by atoms with Crippen molar-refractivity contribution in [1.29, 1.82) is 0 Å². The zero-order valence-corrected chi connectivity index (χ0v) is 12.9. The zero-order chi connectivity index (χ0) is 15.6. The van der Waals surface area contributed by atoms with Gasteiger partial charge in [0.05, 0.1) is 5.69 Å². The molecule has 2 aromatic rings. The van der Waals surface area contributed by atoms with Crippen molar-refractivity contribution in [2.24, 2.45) is 0 Å². The predicted octanol–water partition coefficient (Wildman–Crippen LogP) is 4.70. The number of hydrogen-bond acceptors (Lipinski definition) is 4. The van der Waals surface area contributed by atoms with Crippen molar-refractivity contribution >= 4 is 45.0 Å². The van der Waals surface area contributed by atoms with E-state index in [0.29, 0.717) is 15.2 Å². The zero-order valence-electron chi connectivity index (χ0n) is 10.6. The predicted molar refractivity (Wildman–Crippen MR) is 79.0 cm³/mol. The molecule has 21 heavy (non-hydrogen) atoms. The minimum atomic E-state index is -4.55. The van der Waals surface area contributed by atoms with Gasteiger partial charge in [-0.05, 0) is 34.1 Å². The van der Waals surface area contributed by atoms with Crippen molar-refractivity contribution in [2.45, 2.75) is 6.18 Å². The van der Waals surface area contributed by atoms with Crippen LogP contribution in [0.3, 0.4) is 0 Å². The maximum absolute atomic E-state index is 12.8. The van der Waals surface area contributed by atoms with E-state index in [0.717, 1.165) is 6.07 Å². The standard InChI is InChI=1S/C12H9BrClF3N4/c1-18-11-20-9(12(15,16)17)5-10(21-11)19-8-3-2-6(14)4-7(8)13/h2-5H,1H3,(H2,18,19,20,21). The summed E-state index contributed by atoms with van der Waals surface area (Å²) in [5.41, 5.74) is -0.497. The molecule has 1 heterocycles. The van der Waals surface area contributed by atoms with Crippen LogP contribution in [0, 0.1) is 0 Å². The fourth-order valence-electron chi connectivity index (χ4n) is 1.50. The van der Waals surface area contributed by atoms with Gasteiger partial charge in [-0.3, -0.25) is 0 Å². The highest BCUT2D eigenvalue weighted by Gasteiger charge is 2.33. The van der Waals surface area contributed by atoms with Crippen LogP contribution in [0.25, 0.3) is 0 Å². The van der Waals surface area contributed by atoms with Crippen molar-refractivity contribution in [2.75, 3.05) is 17.7 Å². The Balaban J connectivity index is 2.39. The topological polar surface area (TPSA) is 49.8 Å². The molecule has 0 amide bonds. The molecule has 0 aliphatic carbocycles. The molecule has 2 rings (SSSR count). The minimum Gasteiger partial charge on any atom is -0.357 e. The summed E-state index contributed by atoms with van der Waals surface area (Å²) in [4.78, 5) is 7.32. The number of alkyl halides is 3. The molecule has 0 radical (unpaired) electrons. The van der Waals surface area contributed by atoms with E-state index in [2.05, 4.69) is 36.5 Å². The van der Waals surface area contributed by atoms with E-state index in [1.54, 1.807) is 18.2 Å². The van der Waals surface area contributed by atoms with Gasteiger partial charge < -0.3 is 10.6 Å². The lowest BCUT2D eigenvalue weighted by Crippen LogP contribution is -2.12. The van der Waals surface area contributed by atoms with Crippen molar-refractivity contribution in [1.82, 2.24) is 9.97 Å². The molecule has 112 valence electrons. The van der Waals surface area contributed by atoms with E-state index in [1.165, 1.54) is 7.05 Å². The van der Waals surface area contributed by atoms with Crippen LogP contribution >= 0.6 is 27.5 Å². The van der Waals surface area contributed by atoms with Gasteiger partial charge in [0.15, 0.2) is 5.69 Å². The van der Waals surface area contributed by atoms with Gasteiger partial charge >= 0.3 is 6.18 Å². The average Bonchev–Trinajstić information content (AvgIpc) is 2.40. The molecular weight excluding hydrogens is 373 g/mol. The summed E-state index contributed by atoms with van der Waals surface area (Å²) in [7, 11) is 1.44. The summed E-state index contributed by atoms with van der Waals surface area (Å²) in [6, 6.07) is 5.69. The molecule has 4 nitrogen and oxygen atoms in total. The summed E-state index contributed by atoms with van der Waals surface area (Å²) in [6.07, 6.45) is -4.55. The Hall–Kier alpha value is -1.54. The third kappa shape index (κ3) is 3.98. The molecule has 0 saturated heterocycles. The van der Waals surface area contributed by atoms with Crippen LogP contribution in [0.5, 0.6) is 0 Å². The first kappa shape index (κ1) is 15.8. The molecule has 0 spiro atoms. The second-order valence-electron chi connectivity index (χ2n) is 3.96. The maximum Gasteiger partial charge on any atom is 0.433 e. The van der Waals surface area contributed by atoms with Gasteiger partial charge in [-0.2, -0.15) is 18.2 Å². The molecule has 9 heteroatoms. The van der Waals surface area contributed by atoms with Gasteiger partial charge in [0.2, 0.25) is 5.95 Å². The lowest BCUT2D eigenvalue weighted by molar-refractivity contribution is -0.141. The highest BCUT2D eigenvalue weighted by atomic mass is 79.9. The van der Waals surface area contributed by atoms with E-state index < -0.39 is 11.9 Å². The molecule has 1 aromatic heterocycles. The number of anilines is 3. The summed E-state index contributed by atoms with van der Waals surface area (Å²) in [6.45, 7) is 0. The molecule has 2 N–H and O–H groups in total. The Kier molecular flexibility index (Phi) is 4.58. The Bertz CT molecular complexity index is 663. The number of halogens is 5. The second kappa shape index (κ2) is 6.07. The summed E-state index contributed by atoms with van der Waals surface area (Å²) < 4.78 is 39.0. The first-order chi connectivity index (χ1) is 9.79. The molecule has 0 aliphatic heterocycles. The third-order valence-electron chi connectivity index (χ3n) is 2.43. The number of nitrogens with zero attached hydrogens (tertiary/aromatic N) is 2. The smallest absolute Gasteiger partial charge is 0.357 e. The summed E-state index contributed by atoms with van der Waals surface area (Å²) >= 11 is 9.08. The van der Waals surface area contributed by atoms with Crippen LogP contribution in [0.4, 0.5) is 30.6 Å². The fraction of sp³-hybridized carbons (Fsp3) is 0.167. The Labute approximate surface area is 131 Å². The molecule has 0 bridgehead atoms. The van der Waals surface area contributed by atoms with Gasteiger partial charge in [0.25, 0.3) is 0 Å². The number of hydrogen-bond donors (Lipinski definition) is 2. The van der Waals surface area contributed by atoms with Gasteiger partial charge in [-0.15, -0.1) is 0 Å². The molecule has 0 aliphatic rings. The van der Waals surface area contributed by atoms with Crippen LogP contribution in [0.15, 0.2) is 28.7 Å². The Morgan fingerprint density at radius 1 is 1.19 bits per heavy atom. The number of benzene rings is 1. The van der Waals surface area contributed by atoms with E-state index >= 15 is 0 Å². The maximum atomic E-state index is 12.8. The van der Waals surface area contributed by atoms with Crippen molar-refractivity contribution in [3.63, 3.8) is 0 Å². The lowest BCUT2D eigenvalue weighted by Gasteiger charge is -2.12. The Morgan fingerprint density at radius 3 is 2.48 bits per heavy atom. The number of nitrogens with one attached hydrogen (secondary N) is 2. The van der Waals surface area contributed by atoms with Gasteiger partial charge in [0.1, 0.15) is 5.82 Å². The minimum absolute atomic E-state index is 0.0182. The highest BCUT2D eigenvalue weighted by molar-refractivity contribution is 9.10. The normalized spacial score (nSPS) is 11.3. The first-order valence-electron chi connectivity index (χ1n) is 5.65. The van der Waals surface area contributed by atoms with Crippen molar-refractivity contribution in [3.05, 3.63) is 39.5 Å². The first-order valence-corrected chi connectivity index (χ1v) is 6.83. The van der Waals surface area contributed by atoms with E-state index in [1.807, 2.05) is 0 Å². The van der Waals surface area contributed by atoms with Gasteiger partial charge in [0, 0.05) is 22.6 Å². The fourth-order valence-corrected chi connectivity index (χ4v) is 2.28. The molecular formula is C12H9BrClF3N4. The molecule has 0 fully saturated rings. The van der Waals surface area contributed by atoms with E-state index in [-0.39, 0.29) is 11.8 Å². The van der Waals surface area contributed by atoms with Crippen LogP contribution in [-0.4, -0.2) is 17.0 Å². The molecule has 0 saturated carbocycles. The van der Waals surface area contributed by atoms with Crippen LogP contribution in [-0.2, 0) is 6.18 Å². The van der Waals surface area contributed by atoms with Crippen LogP contribution < -0.4 is 10.6 Å². The summed E-state index contributed by atoms with van der Waals surface area (Å²) in [5, 5.41) is 5.79. The van der Waals surface area contributed by atoms with Gasteiger partial charge in [-0.25, -0.2) is 4.98 Å². The second-order valence-corrected chi connectivity index (χ2v) is 5.25. The largest absolute Gasteiger partial charge is 0.433 e. The van der Waals surface area contributed by atoms with Crippen molar-refractivity contribution < 1.29 is 13.2 Å². The molecule has 0 unspecified atom stereocenters. The SMILES string of the molecule is CNc1nc(Nc2ccc(Cl)cc2Br)cc(C(F)(F)F)n1.